The van der Waals surface area contributed by atoms with E-state index in [0.717, 1.165) is 11.1 Å². The maximum absolute atomic E-state index is 13.0. The molecule has 0 spiro atoms. The number of rotatable bonds is 5. The van der Waals surface area contributed by atoms with Gasteiger partial charge in [0.15, 0.2) is 0 Å². The molecule has 25 heavy (non-hydrogen) atoms. The molecular formula is C20H21NO3Se. The van der Waals surface area contributed by atoms with Crippen molar-refractivity contribution >= 4 is 26.2 Å². The van der Waals surface area contributed by atoms with Crippen LogP contribution < -0.4 is 0 Å². The van der Waals surface area contributed by atoms with Crippen LogP contribution in [0.1, 0.15) is 24.2 Å². The summed E-state index contributed by atoms with van der Waals surface area (Å²) in [6.45, 7) is 2.21. The summed E-state index contributed by atoms with van der Waals surface area (Å²) in [5.41, 5.74) is 1.89. The predicted molar refractivity (Wildman–Crippen MR) is 98.1 cm³/mol. The fourth-order valence-corrected chi connectivity index (χ4v) is 3.70. The quantitative estimate of drug-likeness (QED) is 0.780. The van der Waals surface area contributed by atoms with E-state index in [1.165, 1.54) is 0 Å². The minimum atomic E-state index is -0.848. The van der Waals surface area contributed by atoms with Gasteiger partial charge in [0.25, 0.3) is 0 Å². The summed E-state index contributed by atoms with van der Waals surface area (Å²) >= 11 is 2.84. The van der Waals surface area contributed by atoms with Crippen LogP contribution in [0, 0.1) is 5.92 Å². The molecule has 3 atom stereocenters. The molecule has 1 amide bonds. The Morgan fingerprint density at radius 2 is 1.80 bits per heavy atom. The monoisotopic (exact) mass is 403 g/mol. The van der Waals surface area contributed by atoms with Crippen LogP contribution in [0.5, 0.6) is 0 Å². The van der Waals surface area contributed by atoms with Crippen LogP contribution >= 0.6 is 0 Å². The van der Waals surface area contributed by atoms with Crippen LogP contribution in [-0.4, -0.2) is 48.9 Å². The first-order valence-electron chi connectivity index (χ1n) is 8.34. The Labute approximate surface area is 155 Å². The molecule has 0 saturated carbocycles. The second-order valence-electron chi connectivity index (χ2n) is 6.27. The average Bonchev–Trinajstić information content (AvgIpc) is 3.01. The molecule has 0 aliphatic carbocycles. The second kappa shape index (κ2) is 7.96. The molecule has 0 unspecified atom stereocenters. The third-order valence-electron chi connectivity index (χ3n) is 4.52. The molecule has 1 N–H and O–H groups in total. The molecule has 130 valence electrons. The van der Waals surface area contributed by atoms with Gasteiger partial charge in [0, 0.05) is 0 Å². The normalized spacial score (nSPS) is 19.4. The molecule has 1 saturated heterocycles. The summed E-state index contributed by atoms with van der Waals surface area (Å²) in [6.07, 6.45) is -0.134. The standard InChI is InChI=1S/C20H21NO3Se/c1-14(18(22)16-10-6-3-7-11-16)19(23)21-17(13-24-20(21)25)12-15-8-4-2-5-9-15/h2-11,14,17-18,22H,12-13H2,1H3/t14-,17+,18+/m1/s1. The Kier molecular flexibility index (Phi) is 5.69. The van der Waals surface area contributed by atoms with Gasteiger partial charge in [-0.25, -0.2) is 0 Å². The van der Waals surface area contributed by atoms with E-state index in [2.05, 4.69) is 15.6 Å². The number of benzene rings is 2. The van der Waals surface area contributed by atoms with Gasteiger partial charge in [-0.3, -0.25) is 0 Å². The Morgan fingerprint density at radius 3 is 2.44 bits per heavy atom. The summed E-state index contributed by atoms with van der Waals surface area (Å²) in [5, 5.41) is 10.6. The molecule has 1 heterocycles. The predicted octanol–water partition coefficient (Wildman–Crippen LogP) is 2.08. The van der Waals surface area contributed by atoms with Crippen LogP contribution in [-0.2, 0) is 16.0 Å². The van der Waals surface area contributed by atoms with Gasteiger partial charge in [0.05, 0.1) is 0 Å². The number of amides is 1. The van der Waals surface area contributed by atoms with Gasteiger partial charge in [-0.15, -0.1) is 0 Å². The molecule has 1 fully saturated rings. The zero-order valence-corrected chi connectivity index (χ0v) is 15.8. The van der Waals surface area contributed by atoms with Gasteiger partial charge in [-0.05, 0) is 0 Å². The van der Waals surface area contributed by atoms with Crippen LogP contribution in [0.25, 0.3) is 0 Å². The van der Waals surface area contributed by atoms with E-state index >= 15 is 0 Å². The summed E-state index contributed by atoms with van der Waals surface area (Å²) in [6, 6.07) is 19.2. The van der Waals surface area contributed by atoms with Crippen molar-refractivity contribution in [3.8, 4) is 0 Å². The summed E-state index contributed by atoms with van der Waals surface area (Å²) in [5.74, 6) is -0.700. The number of hydrogen-bond acceptors (Lipinski definition) is 3. The molecule has 3 rings (SSSR count). The van der Waals surface area contributed by atoms with Crippen molar-refractivity contribution in [2.75, 3.05) is 6.61 Å². The summed E-state index contributed by atoms with van der Waals surface area (Å²) in [4.78, 5) is 14.7. The molecule has 4 nitrogen and oxygen atoms in total. The number of carbonyl (C=O) groups is 1. The van der Waals surface area contributed by atoms with Crippen molar-refractivity contribution < 1.29 is 14.6 Å². The van der Waals surface area contributed by atoms with E-state index in [-0.39, 0.29) is 11.9 Å². The van der Waals surface area contributed by atoms with Crippen molar-refractivity contribution in [1.82, 2.24) is 4.90 Å². The molecule has 5 heteroatoms. The fraction of sp³-hybridized carbons (Fsp3) is 0.300. The van der Waals surface area contributed by atoms with Gasteiger partial charge in [-0.2, -0.15) is 0 Å². The van der Waals surface area contributed by atoms with Gasteiger partial charge >= 0.3 is 156 Å². The first kappa shape index (κ1) is 17.9. The van der Waals surface area contributed by atoms with Crippen molar-refractivity contribution in [2.24, 2.45) is 5.92 Å². The van der Waals surface area contributed by atoms with Gasteiger partial charge < -0.3 is 0 Å². The Hall–Kier alpha value is -1.94. The Balaban J connectivity index is 1.75. The third-order valence-corrected chi connectivity index (χ3v) is 5.18. The third kappa shape index (κ3) is 4.01. The van der Waals surface area contributed by atoms with E-state index < -0.39 is 12.0 Å². The molecule has 1 aliphatic rings. The zero-order valence-electron chi connectivity index (χ0n) is 14.0. The number of aliphatic hydroxyl groups excluding tert-OH is 1. The zero-order chi connectivity index (χ0) is 17.8. The topological polar surface area (TPSA) is 49.8 Å². The van der Waals surface area contributed by atoms with E-state index in [1.807, 2.05) is 60.7 Å². The number of aliphatic hydroxyl groups is 1. The SMILES string of the molecule is C[C@@H](C(=O)N1C(=[Se])OC[C@@H]1Cc1ccccc1)[C@H](O)c1ccccc1. The molecular weight excluding hydrogens is 381 g/mol. The summed E-state index contributed by atoms with van der Waals surface area (Å²) < 4.78 is 6.08. The van der Waals surface area contributed by atoms with Crippen LogP contribution in [0.3, 0.4) is 0 Å². The van der Waals surface area contributed by atoms with E-state index in [4.69, 9.17) is 4.74 Å². The molecule has 2 aromatic carbocycles. The Morgan fingerprint density at radius 1 is 1.20 bits per heavy atom. The molecule has 0 aromatic heterocycles. The van der Waals surface area contributed by atoms with Crippen LogP contribution in [0.2, 0.25) is 0 Å². The summed E-state index contributed by atoms with van der Waals surface area (Å²) in [7, 11) is 0. The Bertz CT molecular complexity index is 735. The van der Waals surface area contributed by atoms with E-state index in [1.54, 1.807) is 11.8 Å². The average molecular weight is 402 g/mol. The van der Waals surface area contributed by atoms with Crippen molar-refractivity contribution in [1.29, 1.82) is 0 Å². The molecule has 2 aromatic rings. The maximum atomic E-state index is 13.0. The van der Waals surface area contributed by atoms with Crippen molar-refractivity contribution in [3.63, 3.8) is 0 Å². The number of nitrogens with zero attached hydrogens (tertiary/aromatic N) is 1. The fourth-order valence-electron chi connectivity index (χ4n) is 3.06. The second-order valence-corrected chi connectivity index (χ2v) is 7.01. The van der Waals surface area contributed by atoms with Crippen molar-refractivity contribution in [2.45, 2.75) is 25.5 Å². The first-order chi connectivity index (χ1) is 12.1. The van der Waals surface area contributed by atoms with E-state index in [9.17, 15) is 9.90 Å². The molecule has 0 radical (unpaired) electrons. The van der Waals surface area contributed by atoms with Gasteiger partial charge in [0.1, 0.15) is 0 Å². The molecule has 0 bridgehead atoms. The van der Waals surface area contributed by atoms with Crippen LogP contribution in [0.4, 0.5) is 0 Å². The van der Waals surface area contributed by atoms with Gasteiger partial charge in [-0.1, -0.05) is 0 Å². The number of carbonyl (C=O) groups excluding carboxylic acids is 1. The van der Waals surface area contributed by atoms with Gasteiger partial charge in [0.2, 0.25) is 0 Å². The molecule has 1 aliphatic heterocycles. The van der Waals surface area contributed by atoms with Crippen LogP contribution in [0.15, 0.2) is 60.7 Å². The first-order valence-corrected chi connectivity index (χ1v) is 9.20. The minimum absolute atomic E-state index is 0.0726. The number of hydrogen-bond donors (Lipinski definition) is 1. The van der Waals surface area contributed by atoms with Crippen molar-refractivity contribution in [3.05, 3.63) is 71.8 Å². The number of ether oxygens (including phenoxy) is 1. The van der Waals surface area contributed by atoms with E-state index in [0.29, 0.717) is 17.8 Å².